The van der Waals surface area contributed by atoms with Gasteiger partial charge in [-0.1, -0.05) is 28.1 Å². The zero-order valence-corrected chi connectivity index (χ0v) is 15.5. The maximum absolute atomic E-state index is 13.6. The second-order valence-electron chi connectivity index (χ2n) is 5.69. The van der Waals surface area contributed by atoms with E-state index in [2.05, 4.69) is 26.0 Å². The van der Waals surface area contributed by atoms with Crippen molar-refractivity contribution in [2.24, 2.45) is 0 Å². The van der Waals surface area contributed by atoms with Gasteiger partial charge in [-0.3, -0.25) is 9.59 Å². The second-order valence-corrected chi connectivity index (χ2v) is 6.61. The van der Waals surface area contributed by atoms with Gasteiger partial charge in [-0.25, -0.2) is 4.68 Å². The van der Waals surface area contributed by atoms with Crippen LogP contribution in [-0.2, 0) is 22.3 Å². The Balaban J connectivity index is 2.27. The quantitative estimate of drug-likeness (QED) is 0.623. The first-order chi connectivity index (χ1) is 12.7. The molecule has 0 aliphatic carbocycles. The number of esters is 1. The molecule has 0 saturated carbocycles. The van der Waals surface area contributed by atoms with E-state index < -0.39 is 23.3 Å². The number of alkyl halides is 3. The van der Waals surface area contributed by atoms with Crippen LogP contribution in [0.25, 0.3) is 22.3 Å². The van der Waals surface area contributed by atoms with Crippen LogP contribution in [0.3, 0.4) is 0 Å². The maximum atomic E-state index is 13.6. The predicted octanol–water partition coefficient (Wildman–Crippen LogP) is 3.74. The topological polar surface area (TPSA) is 77.0 Å². The summed E-state index contributed by atoms with van der Waals surface area (Å²) in [4.78, 5) is 25.1. The minimum atomic E-state index is -4.74. The Morgan fingerprint density at radius 3 is 2.70 bits per heavy atom. The van der Waals surface area contributed by atoms with Gasteiger partial charge in [-0.15, -0.1) is 0 Å². The fraction of sp³-hybridized carbons (Fsp3) is 0.235. The summed E-state index contributed by atoms with van der Waals surface area (Å²) in [6, 6.07) is 7.16. The molecule has 0 radical (unpaired) electrons. The lowest BCUT2D eigenvalue weighted by Gasteiger charge is -2.09. The molecule has 0 aliphatic heterocycles. The molecule has 27 heavy (non-hydrogen) atoms. The minimum Gasteiger partial charge on any atom is -0.464 e. The number of carbonyl (C=O) groups excluding carboxylic acids is 1. The van der Waals surface area contributed by atoms with E-state index in [0.717, 1.165) is 0 Å². The monoisotopic (exact) mass is 443 g/mol. The van der Waals surface area contributed by atoms with E-state index in [1.807, 2.05) is 0 Å². The summed E-state index contributed by atoms with van der Waals surface area (Å²) in [7, 11) is 0. The Morgan fingerprint density at radius 2 is 2.07 bits per heavy atom. The number of aromatic amines is 1. The Labute approximate surface area is 159 Å². The Morgan fingerprint density at radius 1 is 1.33 bits per heavy atom. The number of nitrogens with one attached hydrogen (secondary N) is 1. The van der Waals surface area contributed by atoms with Gasteiger partial charge in [0.25, 0.3) is 0 Å². The number of carbonyl (C=O) groups is 1. The molecule has 1 N–H and O–H groups in total. The third-order valence-electron chi connectivity index (χ3n) is 3.75. The van der Waals surface area contributed by atoms with Crippen molar-refractivity contribution in [3.05, 3.63) is 50.7 Å². The van der Waals surface area contributed by atoms with Crippen molar-refractivity contribution in [2.45, 2.75) is 19.6 Å². The lowest BCUT2D eigenvalue weighted by atomic mass is 10.1. The minimum absolute atomic E-state index is 0.0126. The molecule has 1 aromatic carbocycles. The number of benzene rings is 1. The van der Waals surface area contributed by atoms with Gasteiger partial charge in [0.1, 0.15) is 17.9 Å². The van der Waals surface area contributed by atoms with Gasteiger partial charge < -0.3 is 9.72 Å². The molecule has 3 aromatic rings. The summed E-state index contributed by atoms with van der Waals surface area (Å²) >= 11 is 3.29. The number of H-pyrrole nitrogens is 1. The van der Waals surface area contributed by atoms with Gasteiger partial charge in [0.15, 0.2) is 0 Å². The van der Waals surface area contributed by atoms with Crippen molar-refractivity contribution in [3.63, 3.8) is 0 Å². The molecule has 3 rings (SSSR count). The van der Waals surface area contributed by atoms with Crippen LogP contribution in [0.1, 0.15) is 12.5 Å². The van der Waals surface area contributed by atoms with Crippen LogP contribution in [0.5, 0.6) is 0 Å². The SMILES string of the molecule is CC(=O)OCCn1nc(-c2cccc(Br)c2)c2c(C(F)(F)F)cc(=O)[nH]c21. The molecule has 6 nitrogen and oxygen atoms in total. The van der Waals surface area contributed by atoms with Gasteiger partial charge in [-0.05, 0) is 12.1 Å². The molecule has 2 aromatic heterocycles. The summed E-state index contributed by atoms with van der Waals surface area (Å²) < 4.78 is 47.4. The van der Waals surface area contributed by atoms with E-state index in [1.54, 1.807) is 24.3 Å². The van der Waals surface area contributed by atoms with E-state index in [4.69, 9.17) is 4.74 Å². The largest absolute Gasteiger partial charge is 0.464 e. The zero-order valence-electron chi connectivity index (χ0n) is 13.9. The molecule has 10 heteroatoms. The molecular formula is C17H13BrF3N3O3. The highest BCUT2D eigenvalue weighted by molar-refractivity contribution is 9.10. The third kappa shape index (κ3) is 4.05. The lowest BCUT2D eigenvalue weighted by Crippen LogP contribution is -2.16. The van der Waals surface area contributed by atoms with Gasteiger partial charge >= 0.3 is 12.1 Å². The third-order valence-corrected chi connectivity index (χ3v) is 4.24. The fourth-order valence-electron chi connectivity index (χ4n) is 2.70. The van der Waals surface area contributed by atoms with Gasteiger partial charge in [0.05, 0.1) is 17.5 Å². The standard InChI is InChI=1S/C17H13BrF3N3O3/c1-9(25)27-6-5-24-16-14(12(17(19,20)21)8-13(26)22-16)15(23-24)10-3-2-4-11(18)7-10/h2-4,7-8H,5-6H2,1H3,(H,22,26). The highest BCUT2D eigenvalue weighted by Gasteiger charge is 2.36. The normalized spacial score (nSPS) is 11.7. The van der Waals surface area contributed by atoms with Crippen LogP contribution in [0, 0.1) is 0 Å². The van der Waals surface area contributed by atoms with Crippen molar-refractivity contribution >= 4 is 32.9 Å². The summed E-state index contributed by atoms with van der Waals surface area (Å²) in [5.74, 6) is -0.525. The average Bonchev–Trinajstić information content (AvgIpc) is 2.91. The molecule has 0 fully saturated rings. The van der Waals surface area contributed by atoms with E-state index in [9.17, 15) is 22.8 Å². The summed E-state index contributed by atoms with van der Waals surface area (Å²) in [6.07, 6.45) is -4.74. The molecule has 0 aliphatic rings. The molecule has 0 saturated heterocycles. The van der Waals surface area contributed by atoms with Crippen molar-refractivity contribution < 1.29 is 22.7 Å². The first-order valence-corrected chi connectivity index (χ1v) is 8.56. The van der Waals surface area contributed by atoms with Crippen LogP contribution in [-0.4, -0.2) is 27.3 Å². The number of aromatic nitrogens is 3. The van der Waals surface area contributed by atoms with Crippen LogP contribution >= 0.6 is 15.9 Å². The highest BCUT2D eigenvalue weighted by Crippen LogP contribution is 2.38. The molecule has 142 valence electrons. The van der Waals surface area contributed by atoms with E-state index in [0.29, 0.717) is 16.1 Å². The zero-order chi connectivity index (χ0) is 19.8. The van der Waals surface area contributed by atoms with Crippen molar-refractivity contribution in [1.82, 2.24) is 14.8 Å². The predicted molar refractivity (Wildman–Crippen MR) is 95.1 cm³/mol. The fourth-order valence-corrected chi connectivity index (χ4v) is 3.10. The van der Waals surface area contributed by atoms with E-state index in [1.165, 1.54) is 11.6 Å². The van der Waals surface area contributed by atoms with Crippen molar-refractivity contribution in [1.29, 1.82) is 0 Å². The first-order valence-electron chi connectivity index (χ1n) is 7.77. The number of hydrogen-bond acceptors (Lipinski definition) is 4. The first kappa shape index (κ1) is 19.2. The molecule has 2 heterocycles. The smallest absolute Gasteiger partial charge is 0.417 e. The molecule has 0 atom stereocenters. The van der Waals surface area contributed by atoms with Gasteiger partial charge in [0, 0.05) is 23.0 Å². The highest BCUT2D eigenvalue weighted by atomic mass is 79.9. The number of rotatable bonds is 4. The van der Waals surface area contributed by atoms with E-state index >= 15 is 0 Å². The molecule has 0 amide bonds. The van der Waals surface area contributed by atoms with Crippen molar-refractivity contribution in [3.8, 4) is 11.3 Å². The number of fused-ring (bicyclic) bond motifs is 1. The molecule has 0 unspecified atom stereocenters. The second kappa shape index (κ2) is 7.18. The van der Waals surface area contributed by atoms with E-state index in [-0.39, 0.29) is 29.9 Å². The van der Waals surface area contributed by atoms with Crippen molar-refractivity contribution in [2.75, 3.05) is 6.61 Å². The number of hydrogen-bond donors (Lipinski definition) is 1. The van der Waals surface area contributed by atoms with Crippen LogP contribution in [0.15, 0.2) is 39.6 Å². The van der Waals surface area contributed by atoms with Crippen LogP contribution in [0.4, 0.5) is 13.2 Å². The van der Waals surface area contributed by atoms with Crippen LogP contribution in [0.2, 0.25) is 0 Å². The maximum Gasteiger partial charge on any atom is 0.417 e. The molecule has 0 spiro atoms. The number of halogens is 4. The average molecular weight is 444 g/mol. The summed E-state index contributed by atoms with van der Waals surface area (Å²) in [5.41, 5.74) is -1.55. The van der Waals surface area contributed by atoms with Crippen LogP contribution < -0.4 is 5.56 Å². The number of ether oxygens (including phenoxy) is 1. The Bertz CT molecular complexity index is 1070. The Kier molecular flexibility index (Phi) is 5.09. The molecule has 0 bridgehead atoms. The summed E-state index contributed by atoms with van der Waals surface area (Å²) in [6.45, 7) is 1.11. The Hall–Kier alpha value is -2.62. The van der Waals surface area contributed by atoms with Gasteiger partial charge in [0.2, 0.25) is 5.56 Å². The lowest BCUT2D eigenvalue weighted by molar-refractivity contribution is -0.141. The molecular weight excluding hydrogens is 431 g/mol. The summed E-state index contributed by atoms with van der Waals surface area (Å²) in [5, 5.41) is 4.03. The number of pyridine rings is 1. The van der Waals surface area contributed by atoms with Gasteiger partial charge in [-0.2, -0.15) is 18.3 Å². The number of nitrogens with zero attached hydrogens (tertiary/aromatic N) is 2.